The lowest BCUT2D eigenvalue weighted by Crippen LogP contribution is -2.37. The molecule has 5 nitrogen and oxygen atoms in total. The van der Waals surface area contributed by atoms with Crippen LogP contribution < -0.4 is 4.90 Å². The Balaban J connectivity index is 2.00. The summed E-state index contributed by atoms with van der Waals surface area (Å²) in [6, 6.07) is 3.75. The van der Waals surface area contributed by atoms with E-state index in [0.717, 1.165) is 31.9 Å². The molecule has 1 unspecified atom stereocenters. The zero-order valence-corrected chi connectivity index (χ0v) is 10.2. The number of aliphatic hydroxyl groups is 1. The Labute approximate surface area is 101 Å². The normalized spacial score (nSPS) is 20.6. The van der Waals surface area contributed by atoms with Gasteiger partial charge in [-0.25, -0.2) is 0 Å². The number of aliphatic hydroxyl groups excluding tert-OH is 1. The van der Waals surface area contributed by atoms with E-state index in [1.165, 1.54) is 6.42 Å². The standard InChI is InChI=1S/C12H19N3O2/c1-17-9-10-3-2-6-15(7-10)12-5-4-11(8-16)13-14-12/h4-5,10,16H,2-3,6-9H2,1H3. The van der Waals surface area contributed by atoms with E-state index in [0.29, 0.717) is 11.6 Å². The maximum absolute atomic E-state index is 8.92. The van der Waals surface area contributed by atoms with Crippen molar-refractivity contribution in [1.82, 2.24) is 10.2 Å². The van der Waals surface area contributed by atoms with Crippen molar-refractivity contribution in [2.24, 2.45) is 5.92 Å². The van der Waals surface area contributed by atoms with Crippen molar-refractivity contribution in [2.75, 3.05) is 31.7 Å². The van der Waals surface area contributed by atoms with Gasteiger partial charge in [-0.1, -0.05) is 0 Å². The molecule has 0 amide bonds. The number of anilines is 1. The molecule has 0 aromatic carbocycles. The second-order valence-electron chi connectivity index (χ2n) is 4.45. The first-order chi connectivity index (χ1) is 8.33. The van der Waals surface area contributed by atoms with Crippen molar-refractivity contribution in [2.45, 2.75) is 19.4 Å². The lowest BCUT2D eigenvalue weighted by Gasteiger charge is -2.32. The van der Waals surface area contributed by atoms with E-state index in [4.69, 9.17) is 9.84 Å². The lowest BCUT2D eigenvalue weighted by molar-refractivity contribution is 0.143. The van der Waals surface area contributed by atoms with Crippen LogP contribution in [-0.2, 0) is 11.3 Å². The van der Waals surface area contributed by atoms with Crippen LogP contribution in [0.1, 0.15) is 18.5 Å². The number of nitrogens with zero attached hydrogens (tertiary/aromatic N) is 3. The van der Waals surface area contributed by atoms with Crippen molar-refractivity contribution in [3.05, 3.63) is 17.8 Å². The number of hydrogen-bond acceptors (Lipinski definition) is 5. The second kappa shape index (κ2) is 5.93. The summed E-state index contributed by atoms with van der Waals surface area (Å²) in [5, 5.41) is 17.0. The summed E-state index contributed by atoms with van der Waals surface area (Å²) in [5.41, 5.74) is 0.610. The molecule has 1 aromatic rings. The topological polar surface area (TPSA) is 58.5 Å². The molecule has 1 aliphatic heterocycles. The Morgan fingerprint density at radius 2 is 2.35 bits per heavy atom. The Morgan fingerprint density at radius 1 is 1.47 bits per heavy atom. The van der Waals surface area contributed by atoms with Gasteiger partial charge in [0.2, 0.25) is 0 Å². The van der Waals surface area contributed by atoms with Gasteiger partial charge in [0.1, 0.15) is 0 Å². The van der Waals surface area contributed by atoms with Crippen LogP contribution in [0.4, 0.5) is 5.82 Å². The fourth-order valence-electron chi connectivity index (χ4n) is 2.25. The fraction of sp³-hybridized carbons (Fsp3) is 0.667. The zero-order chi connectivity index (χ0) is 12.1. The van der Waals surface area contributed by atoms with Gasteiger partial charge in [0, 0.05) is 20.2 Å². The molecular formula is C12H19N3O2. The van der Waals surface area contributed by atoms with Gasteiger partial charge in [0.25, 0.3) is 0 Å². The SMILES string of the molecule is COCC1CCCN(c2ccc(CO)nn2)C1. The van der Waals surface area contributed by atoms with Crippen molar-refractivity contribution >= 4 is 5.82 Å². The Bertz CT molecular complexity index is 340. The molecule has 5 heteroatoms. The van der Waals surface area contributed by atoms with Gasteiger partial charge in [-0.05, 0) is 30.9 Å². The molecule has 1 saturated heterocycles. The van der Waals surface area contributed by atoms with Gasteiger partial charge in [-0.2, -0.15) is 5.10 Å². The van der Waals surface area contributed by atoms with E-state index in [1.807, 2.05) is 12.1 Å². The molecule has 0 aliphatic carbocycles. The monoisotopic (exact) mass is 237 g/mol. The minimum absolute atomic E-state index is 0.0560. The molecule has 1 fully saturated rings. The van der Waals surface area contributed by atoms with Crippen LogP contribution in [0.2, 0.25) is 0 Å². The van der Waals surface area contributed by atoms with E-state index in [2.05, 4.69) is 15.1 Å². The average Bonchev–Trinajstić information content (AvgIpc) is 2.40. The maximum atomic E-state index is 8.92. The number of aromatic nitrogens is 2. The highest BCUT2D eigenvalue weighted by molar-refractivity contribution is 5.37. The third-order valence-corrected chi connectivity index (χ3v) is 3.11. The number of ether oxygens (including phenoxy) is 1. The van der Waals surface area contributed by atoms with E-state index in [-0.39, 0.29) is 6.61 Å². The highest BCUT2D eigenvalue weighted by Gasteiger charge is 2.20. The molecule has 0 spiro atoms. The van der Waals surface area contributed by atoms with Gasteiger partial charge in [0.05, 0.1) is 18.9 Å². The number of rotatable bonds is 4. The van der Waals surface area contributed by atoms with Crippen molar-refractivity contribution in [3.8, 4) is 0 Å². The second-order valence-corrected chi connectivity index (χ2v) is 4.45. The van der Waals surface area contributed by atoms with E-state index in [9.17, 15) is 0 Å². The predicted molar refractivity (Wildman–Crippen MR) is 64.8 cm³/mol. The van der Waals surface area contributed by atoms with Gasteiger partial charge in [-0.15, -0.1) is 5.10 Å². The van der Waals surface area contributed by atoms with E-state index >= 15 is 0 Å². The van der Waals surface area contributed by atoms with Crippen molar-refractivity contribution < 1.29 is 9.84 Å². The van der Waals surface area contributed by atoms with Crippen LogP contribution in [0.3, 0.4) is 0 Å². The fourth-order valence-corrected chi connectivity index (χ4v) is 2.25. The summed E-state index contributed by atoms with van der Waals surface area (Å²) in [6.07, 6.45) is 2.38. The molecule has 17 heavy (non-hydrogen) atoms. The highest BCUT2D eigenvalue weighted by atomic mass is 16.5. The Morgan fingerprint density at radius 3 is 3.00 bits per heavy atom. The first-order valence-corrected chi connectivity index (χ1v) is 6.01. The lowest BCUT2D eigenvalue weighted by atomic mass is 9.99. The van der Waals surface area contributed by atoms with Gasteiger partial charge in [-0.3, -0.25) is 0 Å². The molecular weight excluding hydrogens is 218 g/mol. The van der Waals surface area contributed by atoms with E-state index < -0.39 is 0 Å². The molecule has 94 valence electrons. The van der Waals surface area contributed by atoms with Crippen LogP contribution in [0.25, 0.3) is 0 Å². The summed E-state index contributed by atoms with van der Waals surface area (Å²) >= 11 is 0. The number of hydrogen-bond donors (Lipinski definition) is 1. The minimum Gasteiger partial charge on any atom is -0.390 e. The largest absolute Gasteiger partial charge is 0.390 e. The maximum Gasteiger partial charge on any atom is 0.151 e. The van der Waals surface area contributed by atoms with Crippen LogP contribution in [0.15, 0.2) is 12.1 Å². The average molecular weight is 237 g/mol. The molecule has 0 radical (unpaired) electrons. The molecule has 2 rings (SSSR count). The van der Waals surface area contributed by atoms with Gasteiger partial charge in [0.15, 0.2) is 5.82 Å². The van der Waals surface area contributed by atoms with Crippen molar-refractivity contribution in [3.63, 3.8) is 0 Å². The first-order valence-electron chi connectivity index (χ1n) is 6.01. The van der Waals surface area contributed by atoms with Gasteiger partial charge < -0.3 is 14.7 Å². The summed E-state index contributed by atoms with van der Waals surface area (Å²) < 4.78 is 5.21. The quantitative estimate of drug-likeness (QED) is 0.840. The summed E-state index contributed by atoms with van der Waals surface area (Å²) in [4.78, 5) is 2.24. The highest BCUT2D eigenvalue weighted by Crippen LogP contribution is 2.21. The molecule has 2 heterocycles. The summed E-state index contributed by atoms with van der Waals surface area (Å²) in [7, 11) is 1.74. The van der Waals surface area contributed by atoms with Crippen molar-refractivity contribution in [1.29, 1.82) is 0 Å². The van der Waals surface area contributed by atoms with Crippen LogP contribution in [-0.4, -0.2) is 42.1 Å². The molecule has 1 aliphatic rings. The summed E-state index contributed by atoms with van der Waals surface area (Å²) in [5.74, 6) is 1.47. The Kier molecular flexibility index (Phi) is 4.28. The smallest absolute Gasteiger partial charge is 0.151 e. The van der Waals surface area contributed by atoms with Crippen LogP contribution >= 0.6 is 0 Å². The van der Waals surface area contributed by atoms with Crippen LogP contribution in [0.5, 0.6) is 0 Å². The molecule has 0 bridgehead atoms. The zero-order valence-electron chi connectivity index (χ0n) is 10.2. The third-order valence-electron chi connectivity index (χ3n) is 3.11. The molecule has 1 atom stereocenters. The molecule has 1 N–H and O–H groups in total. The third kappa shape index (κ3) is 3.14. The first kappa shape index (κ1) is 12.3. The van der Waals surface area contributed by atoms with Crippen LogP contribution in [0, 0.1) is 5.92 Å². The summed E-state index contributed by atoms with van der Waals surface area (Å²) in [6.45, 7) is 2.74. The Hall–Kier alpha value is -1.20. The number of piperidine rings is 1. The molecule has 0 saturated carbocycles. The van der Waals surface area contributed by atoms with Gasteiger partial charge >= 0.3 is 0 Å². The number of methoxy groups -OCH3 is 1. The predicted octanol–water partition coefficient (Wildman–Crippen LogP) is 0.832. The van der Waals surface area contributed by atoms with E-state index in [1.54, 1.807) is 7.11 Å². The molecule has 1 aromatic heterocycles. The minimum atomic E-state index is -0.0560.